The second-order valence-corrected chi connectivity index (χ2v) is 8.44. The molecule has 2 amide bonds. The molecule has 3 rings (SSSR count). The zero-order chi connectivity index (χ0) is 17.1. The van der Waals surface area contributed by atoms with E-state index in [1.54, 1.807) is 6.20 Å². The van der Waals surface area contributed by atoms with Crippen LogP contribution in [0.25, 0.3) is 10.2 Å². The third-order valence-electron chi connectivity index (χ3n) is 3.00. The molecule has 0 aliphatic rings. The Morgan fingerprint density at radius 3 is 2.83 bits per heavy atom. The van der Waals surface area contributed by atoms with Crippen LogP contribution in [0.1, 0.15) is 13.8 Å². The van der Waals surface area contributed by atoms with Gasteiger partial charge < -0.3 is 10.6 Å². The van der Waals surface area contributed by atoms with Crippen molar-refractivity contribution in [2.24, 2.45) is 0 Å². The van der Waals surface area contributed by atoms with E-state index in [-0.39, 0.29) is 17.1 Å². The molecule has 3 aromatic rings. The largest absolute Gasteiger partial charge is 0.326 e. The molecule has 1 atom stereocenters. The predicted octanol–water partition coefficient (Wildman–Crippen LogP) is 3.83. The number of nitrogens with one attached hydrogen (secondary N) is 2. The van der Waals surface area contributed by atoms with Gasteiger partial charge in [0, 0.05) is 24.2 Å². The van der Waals surface area contributed by atoms with Crippen LogP contribution in [0, 0.1) is 0 Å². The summed E-state index contributed by atoms with van der Waals surface area (Å²) in [4.78, 5) is 31.9. The van der Waals surface area contributed by atoms with E-state index in [9.17, 15) is 9.59 Å². The number of carbonyl (C=O) groups excluding carboxylic acids is 2. The molecule has 0 saturated heterocycles. The summed E-state index contributed by atoms with van der Waals surface area (Å²) in [7, 11) is 0. The van der Waals surface area contributed by atoms with E-state index in [1.807, 2.05) is 30.5 Å². The zero-order valence-corrected chi connectivity index (χ0v) is 15.3. The summed E-state index contributed by atoms with van der Waals surface area (Å²) >= 11 is 4.29. The molecule has 124 valence electrons. The van der Waals surface area contributed by atoms with Gasteiger partial charge in [-0.05, 0) is 25.1 Å². The van der Waals surface area contributed by atoms with E-state index in [0.717, 1.165) is 20.2 Å². The van der Waals surface area contributed by atoms with Crippen molar-refractivity contribution in [2.75, 3.05) is 10.6 Å². The van der Waals surface area contributed by atoms with Gasteiger partial charge >= 0.3 is 0 Å². The number of thiazole rings is 2. The number of anilines is 2. The van der Waals surface area contributed by atoms with Crippen LogP contribution in [0.3, 0.4) is 0 Å². The van der Waals surface area contributed by atoms with Crippen molar-refractivity contribution < 1.29 is 9.59 Å². The van der Waals surface area contributed by atoms with Crippen molar-refractivity contribution in [2.45, 2.75) is 23.4 Å². The molecule has 9 heteroatoms. The van der Waals surface area contributed by atoms with E-state index < -0.39 is 0 Å². The third kappa shape index (κ3) is 4.11. The molecule has 1 aromatic carbocycles. The van der Waals surface area contributed by atoms with E-state index in [0.29, 0.717) is 5.13 Å². The van der Waals surface area contributed by atoms with Crippen molar-refractivity contribution in [3.63, 3.8) is 0 Å². The van der Waals surface area contributed by atoms with Crippen LogP contribution >= 0.6 is 34.4 Å². The van der Waals surface area contributed by atoms with Gasteiger partial charge in [-0.15, -0.1) is 22.7 Å². The van der Waals surface area contributed by atoms with Crippen molar-refractivity contribution in [1.29, 1.82) is 0 Å². The second-order valence-electron chi connectivity index (χ2n) is 4.93. The lowest BCUT2D eigenvalue weighted by molar-refractivity contribution is -0.115. The highest BCUT2D eigenvalue weighted by Gasteiger charge is 2.18. The van der Waals surface area contributed by atoms with Crippen LogP contribution in [-0.2, 0) is 9.59 Å². The molecule has 24 heavy (non-hydrogen) atoms. The molecular formula is C15H14N4O2S3. The van der Waals surface area contributed by atoms with Crippen molar-refractivity contribution in [3.8, 4) is 0 Å². The molecule has 0 aliphatic heterocycles. The van der Waals surface area contributed by atoms with Gasteiger partial charge in [-0.25, -0.2) is 9.97 Å². The van der Waals surface area contributed by atoms with E-state index >= 15 is 0 Å². The standard InChI is InChI=1S/C15H14N4O2S3/c1-8(13(21)19-14-16-5-6-22-14)23-15-18-11-4-3-10(17-9(2)20)7-12(11)24-15/h3-8H,1-2H3,(H,17,20)(H,16,19,21). The molecule has 0 radical (unpaired) electrons. The molecule has 0 aliphatic carbocycles. The number of thioether (sulfide) groups is 1. The lowest BCUT2D eigenvalue weighted by Gasteiger charge is -2.07. The minimum absolute atomic E-state index is 0.104. The summed E-state index contributed by atoms with van der Waals surface area (Å²) in [6, 6.07) is 5.57. The first-order chi connectivity index (χ1) is 11.5. The topological polar surface area (TPSA) is 84.0 Å². The highest BCUT2D eigenvalue weighted by atomic mass is 32.2. The van der Waals surface area contributed by atoms with Gasteiger partial charge in [0.1, 0.15) is 0 Å². The van der Waals surface area contributed by atoms with Crippen molar-refractivity contribution in [3.05, 3.63) is 29.8 Å². The molecule has 0 saturated carbocycles. The van der Waals surface area contributed by atoms with Crippen molar-refractivity contribution in [1.82, 2.24) is 9.97 Å². The lowest BCUT2D eigenvalue weighted by atomic mass is 10.3. The zero-order valence-electron chi connectivity index (χ0n) is 12.9. The van der Waals surface area contributed by atoms with Gasteiger partial charge in [0.15, 0.2) is 9.47 Å². The highest BCUT2D eigenvalue weighted by molar-refractivity contribution is 8.02. The molecule has 0 fully saturated rings. The molecule has 0 spiro atoms. The summed E-state index contributed by atoms with van der Waals surface area (Å²) in [5, 5.41) is 7.66. The van der Waals surface area contributed by atoms with Crippen LogP contribution in [-0.4, -0.2) is 27.0 Å². The Balaban J connectivity index is 1.70. The van der Waals surface area contributed by atoms with Crippen LogP contribution in [0.15, 0.2) is 34.1 Å². The number of fused-ring (bicyclic) bond motifs is 1. The monoisotopic (exact) mass is 378 g/mol. The van der Waals surface area contributed by atoms with Crippen LogP contribution in [0.2, 0.25) is 0 Å². The first kappa shape index (κ1) is 16.9. The normalized spacial score (nSPS) is 12.1. The Kier molecular flexibility index (Phi) is 5.12. The van der Waals surface area contributed by atoms with Crippen LogP contribution in [0.4, 0.5) is 10.8 Å². The predicted molar refractivity (Wildman–Crippen MR) is 100.0 cm³/mol. The molecule has 2 aromatic heterocycles. The number of benzene rings is 1. The fourth-order valence-corrected chi connectivity index (χ4v) is 4.71. The first-order valence-electron chi connectivity index (χ1n) is 7.06. The fraction of sp³-hybridized carbons (Fsp3) is 0.200. The Hall–Kier alpha value is -1.97. The number of amides is 2. The van der Waals surface area contributed by atoms with E-state index in [4.69, 9.17) is 0 Å². The second kappa shape index (κ2) is 7.29. The average Bonchev–Trinajstić information content (AvgIpc) is 3.15. The summed E-state index contributed by atoms with van der Waals surface area (Å²) < 4.78 is 1.78. The van der Waals surface area contributed by atoms with Crippen LogP contribution in [0.5, 0.6) is 0 Å². The number of hydrogen-bond acceptors (Lipinski definition) is 7. The SMILES string of the molecule is CC(=O)Nc1ccc2nc(SC(C)C(=O)Nc3nccs3)sc2c1. The molecule has 2 heterocycles. The molecule has 1 unspecified atom stereocenters. The van der Waals surface area contributed by atoms with Crippen LogP contribution < -0.4 is 10.6 Å². The van der Waals surface area contributed by atoms with Gasteiger partial charge in [0.25, 0.3) is 0 Å². The summed E-state index contributed by atoms with van der Waals surface area (Å²) in [6.45, 7) is 3.31. The Labute approximate surface area is 150 Å². The number of rotatable bonds is 5. The smallest absolute Gasteiger partial charge is 0.239 e. The Bertz CT molecular complexity index is 876. The summed E-state index contributed by atoms with van der Waals surface area (Å²) in [6.07, 6.45) is 1.65. The third-order valence-corrected chi connectivity index (χ3v) is 5.90. The van der Waals surface area contributed by atoms with Gasteiger partial charge in [-0.1, -0.05) is 11.8 Å². The highest BCUT2D eigenvalue weighted by Crippen LogP contribution is 2.33. The summed E-state index contributed by atoms with van der Waals surface area (Å²) in [5.41, 5.74) is 1.59. The number of carbonyl (C=O) groups is 2. The average molecular weight is 379 g/mol. The van der Waals surface area contributed by atoms with Gasteiger partial charge in [-0.2, -0.15) is 0 Å². The van der Waals surface area contributed by atoms with Gasteiger partial charge in [-0.3, -0.25) is 9.59 Å². The maximum atomic E-state index is 12.2. The lowest BCUT2D eigenvalue weighted by Crippen LogP contribution is -2.22. The maximum Gasteiger partial charge on any atom is 0.239 e. The Morgan fingerprint density at radius 2 is 2.12 bits per heavy atom. The molecular weight excluding hydrogens is 364 g/mol. The van der Waals surface area contributed by atoms with Gasteiger partial charge in [0.2, 0.25) is 11.8 Å². The molecule has 0 bridgehead atoms. The first-order valence-corrected chi connectivity index (χ1v) is 9.64. The summed E-state index contributed by atoms with van der Waals surface area (Å²) in [5.74, 6) is -0.214. The van der Waals surface area contributed by atoms with Crippen molar-refractivity contribution >= 4 is 67.3 Å². The number of aromatic nitrogens is 2. The quantitative estimate of drug-likeness (QED) is 0.659. The van der Waals surface area contributed by atoms with E-state index in [1.165, 1.54) is 41.4 Å². The van der Waals surface area contributed by atoms with E-state index in [2.05, 4.69) is 20.6 Å². The minimum atomic E-state index is -0.288. The molecule has 2 N–H and O–H groups in total. The maximum absolute atomic E-state index is 12.2. The van der Waals surface area contributed by atoms with Gasteiger partial charge in [0.05, 0.1) is 15.5 Å². The number of nitrogens with zero attached hydrogens (tertiary/aromatic N) is 2. The fourth-order valence-electron chi connectivity index (χ4n) is 1.93. The Morgan fingerprint density at radius 1 is 1.29 bits per heavy atom. The molecule has 6 nitrogen and oxygen atoms in total. The minimum Gasteiger partial charge on any atom is -0.326 e. The number of hydrogen-bond donors (Lipinski definition) is 2.